The van der Waals surface area contributed by atoms with Crippen LogP contribution in [-0.2, 0) is 25.5 Å². The van der Waals surface area contributed by atoms with E-state index < -0.39 is 12.0 Å². The van der Waals surface area contributed by atoms with E-state index in [0.29, 0.717) is 0 Å². The minimum absolute atomic E-state index is 0.0957. The number of imidazole rings is 1. The summed E-state index contributed by atoms with van der Waals surface area (Å²) in [5.41, 5.74) is 0.718. The first-order valence-electron chi connectivity index (χ1n) is 6.70. The van der Waals surface area contributed by atoms with E-state index >= 15 is 0 Å². The van der Waals surface area contributed by atoms with Gasteiger partial charge in [0.1, 0.15) is 6.04 Å². The first-order valence-corrected chi connectivity index (χ1v) is 6.70. The number of nitrogens with one attached hydrogen (secondary N) is 3. The van der Waals surface area contributed by atoms with E-state index in [1.807, 2.05) is 0 Å². The van der Waals surface area contributed by atoms with Crippen LogP contribution in [0.3, 0.4) is 0 Å². The maximum absolute atomic E-state index is 11.8. The first-order chi connectivity index (χ1) is 10.0. The van der Waals surface area contributed by atoms with E-state index in [4.69, 9.17) is 4.74 Å². The maximum atomic E-state index is 11.8. The lowest BCUT2D eigenvalue weighted by Crippen LogP contribution is -2.44. The Morgan fingerprint density at radius 1 is 1.43 bits per heavy atom. The fraction of sp³-hybridized carbons (Fsp3) is 0.538. The van der Waals surface area contributed by atoms with Crippen molar-refractivity contribution in [3.8, 4) is 0 Å². The molecule has 3 N–H and O–H groups in total. The van der Waals surface area contributed by atoms with Gasteiger partial charge in [-0.05, 0) is 6.92 Å². The Morgan fingerprint density at radius 3 is 2.76 bits per heavy atom. The molecule has 1 atom stereocenters. The highest BCUT2D eigenvalue weighted by molar-refractivity contribution is 5.85. The number of rotatable bonds is 8. The van der Waals surface area contributed by atoms with Gasteiger partial charge in [0.05, 0.1) is 12.9 Å². The van der Waals surface area contributed by atoms with Gasteiger partial charge in [-0.1, -0.05) is 0 Å². The number of aromatic amines is 1. The number of amides is 2. The summed E-state index contributed by atoms with van der Waals surface area (Å²) in [6.07, 6.45) is 3.44. The smallest absolute Gasteiger partial charge is 0.329 e. The van der Waals surface area contributed by atoms with Crippen molar-refractivity contribution < 1.29 is 19.1 Å². The van der Waals surface area contributed by atoms with Crippen LogP contribution in [0.1, 0.15) is 26.0 Å². The molecule has 8 nitrogen and oxygen atoms in total. The molecule has 0 aliphatic carbocycles. The lowest BCUT2D eigenvalue weighted by molar-refractivity contribution is -0.147. The van der Waals surface area contributed by atoms with Gasteiger partial charge >= 0.3 is 5.97 Å². The standard InChI is InChI=1S/C13H20N4O4/c1-3-21-13(20)11(6-10-7-14-8-16-10)17-12(19)4-5-15-9(2)18/h7-8,11H,3-6H2,1-2H3,(H,14,16)(H,15,18)(H,17,19)/t11-/m1/s1. The van der Waals surface area contributed by atoms with Crippen molar-refractivity contribution in [3.63, 3.8) is 0 Å². The molecule has 0 saturated heterocycles. The van der Waals surface area contributed by atoms with Gasteiger partial charge in [-0.15, -0.1) is 0 Å². The molecule has 0 saturated carbocycles. The zero-order valence-corrected chi connectivity index (χ0v) is 12.1. The lowest BCUT2D eigenvalue weighted by Gasteiger charge is -2.16. The molecule has 0 aliphatic rings. The van der Waals surface area contributed by atoms with Crippen molar-refractivity contribution >= 4 is 17.8 Å². The minimum Gasteiger partial charge on any atom is -0.464 e. The van der Waals surface area contributed by atoms with Crippen molar-refractivity contribution in [2.24, 2.45) is 0 Å². The van der Waals surface area contributed by atoms with Crippen LogP contribution in [0.5, 0.6) is 0 Å². The zero-order valence-electron chi connectivity index (χ0n) is 12.1. The largest absolute Gasteiger partial charge is 0.464 e. The van der Waals surface area contributed by atoms with Crippen LogP contribution in [0.15, 0.2) is 12.5 Å². The molecular weight excluding hydrogens is 276 g/mol. The number of hydrogen-bond donors (Lipinski definition) is 3. The molecule has 0 fully saturated rings. The van der Waals surface area contributed by atoms with Crippen molar-refractivity contribution in [2.75, 3.05) is 13.2 Å². The molecule has 1 heterocycles. The van der Waals surface area contributed by atoms with Gasteiger partial charge in [-0.25, -0.2) is 9.78 Å². The third-order valence-corrected chi connectivity index (χ3v) is 2.61. The fourth-order valence-corrected chi connectivity index (χ4v) is 1.67. The van der Waals surface area contributed by atoms with Crippen LogP contribution in [0.25, 0.3) is 0 Å². The second-order valence-electron chi connectivity index (χ2n) is 4.39. The van der Waals surface area contributed by atoms with Gasteiger partial charge in [-0.3, -0.25) is 9.59 Å². The third-order valence-electron chi connectivity index (χ3n) is 2.61. The van der Waals surface area contributed by atoms with E-state index in [1.54, 1.807) is 13.1 Å². The molecule has 0 radical (unpaired) electrons. The van der Waals surface area contributed by atoms with Gasteiger partial charge in [0.25, 0.3) is 0 Å². The number of esters is 1. The monoisotopic (exact) mass is 296 g/mol. The van der Waals surface area contributed by atoms with Crippen LogP contribution in [-0.4, -0.2) is 46.9 Å². The fourth-order valence-electron chi connectivity index (χ4n) is 1.67. The molecule has 1 aromatic rings. The number of hydrogen-bond acceptors (Lipinski definition) is 5. The van der Waals surface area contributed by atoms with Crippen LogP contribution in [0, 0.1) is 0 Å². The molecule has 21 heavy (non-hydrogen) atoms. The quantitative estimate of drug-likeness (QED) is 0.561. The zero-order chi connectivity index (χ0) is 15.7. The number of nitrogens with zero attached hydrogens (tertiary/aromatic N) is 1. The molecule has 2 amide bonds. The Labute approximate surface area is 122 Å². The Balaban J connectivity index is 2.53. The van der Waals surface area contributed by atoms with E-state index in [0.717, 1.165) is 5.69 Å². The minimum atomic E-state index is -0.782. The van der Waals surface area contributed by atoms with Gasteiger partial charge in [0.2, 0.25) is 11.8 Å². The molecule has 116 valence electrons. The van der Waals surface area contributed by atoms with Gasteiger partial charge in [-0.2, -0.15) is 0 Å². The predicted molar refractivity (Wildman–Crippen MR) is 74.2 cm³/mol. The summed E-state index contributed by atoms with van der Waals surface area (Å²) in [6.45, 7) is 3.53. The van der Waals surface area contributed by atoms with E-state index in [9.17, 15) is 14.4 Å². The Kier molecular flexibility index (Phi) is 6.93. The summed E-state index contributed by atoms with van der Waals surface area (Å²) in [5.74, 6) is -1.04. The molecule has 8 heteroatoms. The van der Waals surface area contributed by atoms with Crippen molar-refractivity contribution in [3.05, 3.63) is 18.2 Å². The Morgan fingerprint density at radius 2 is 2.19 bits per heavy atom. The van der Waals surface area contributed by atoms with Crippen LogP contribution < -0.4 is 10.6 Å². The van der Waals surface area contributed by atoms with Crippen molar-refractivity contribution in [1.29, 1.82) is 0 Å². The second kappa shape index (κ2) is 8.72. The normalized spacial score (nSPS) is 11.5. The molecule has 0 aliphatic heterocycles. The number of ether oxygens (including phenoxy) is 1. The van der Waals surface area contributed by atoms with E-state index in [-0.39, 0.29) is 37.8 Å². The SMILES string of the molecule is CCOC(=O)[C@@H](Cc1cnc[nH]1)NC(=O)CCNC(C)=O. The number of carbonyl (C=O) groups is 3. The number of H-pyrrole nitrogens is 1. The molecule has 0 bridgehead atoms. The Bertz CT molecular complexity index is 473. The molecule has 1 aromatic heterocycles. The van der Waals surface area contributed by atoms with Gasteiger partial charge in [0, 0.05) is 38.2 Å². The van der Waals surface area contributed by atoms with Crippen LogP contribution >= 0.6 is 0 Å². The average Bonchev–Trinajstić information content (AvgIpc) is 2.90. The summed E-state index contributed by atoms with van der Waals surface area (Å²) >= 11 is 0. The summed E-state index contributed by atoms with van der Waals surface area (Å²) in [5, 5.41) is 5.12. The second-order valence-corrected chi connectivity index (χ2v) is 4.39. The highest BCUT2D eigenvalue weighted by atomic mass is 16.5. The van der Waals surface area contributed by atoms with E-state index in [2.05, 4.69) is 20.6 Å². The van der Waals surface area contributed by atoms with Gasteiger partial charge in [0.15, 0.2) is 0 Å². The highest BCUT2D eigenvalue weighted by Crippen LogP contribution is 2.01. The molecule has 1 rings (SSSR count). The summed E-state index contributed by atoms with van der Waals surface area (Å²) in [6, 6.07) is -0.782. The van der Waals surface area contributed by atoms with Crippen LogP contribution in [0.4, 0.5) is 0 Å². The summed E-state index contributed by atoms with van der Waals surface area (Å²) in [7, 11) is 0. The molecule has 0 spiro atoms. The topological polar surface area (TPSA) is 113 Å². The molecule has 0 aromatic carbocycles. The molecule has 0 unspecified atom stereocenters. The number of aromatic nitrogens is 2. The van der Waals surface area contributed by atoms with Crippen molar-refractivity contribution in [1.82, 2.24) is 20.6 Å². The summed E-state index contributed by atoms with van der Waals surface area (Å²) < 4.78 is 4.94. The van der Waals surface area contributed by atoms with Gasteiger partial charge < -0.3 is 20.4 Å². The maximum Gasteiger partial charge on any atom is 0.329 e. The lowest BCUT2D eigenvalue weighted by atomic mass is 10.1. The van der Waals surface area contributed by atoms with Crippen LogP contribution in [0.2, 0.25) is 0 Å². The summed E-state index contributed by atoms with van der Waals surface area (Å²) in [4.78, 5) is 41.1. The predicted octanol–water partition coefficient (Wildman–Crippen LogP) is -0.474. The molecular formula is C13H20N4O4. The highest BCUT2D eigenvalue weighted by Gasteiger charge is 2.22. The average molecular weight is 296 g/mol. The first kappa shape index (κ1) is 16.7. The van der Waals surface area contributed by atoms with E-state index in [1.165, 1.54) is 13.3 Å². The Hall–Kier alpha value is -2.38. The third kappa shape index (κ3) is 6.55. The number of carbonyl (C=O) groups excluding carboxylic acids is 3. The van der Waals surface area contributed by atoms with Crippen molar-refractivity contribution in [2.45, 2.75) is 32.7 Å².